The molecule has 2 N–H and O–H groups in total. The molecule has 0 heterocycles. The second-order valence-electron chi connectivity index (χ2n) is 7.37. The third-order valence-corrected chi connectivity index (χ3v) is 4.76. The number of hydrogen-bond donors (Lipinski definition) is 2. The molecule has 0 rings (SSSR count). The summed E-state index contributed by atoms with van der Waals surface area (Å²) in [5.41, 5.74) is 0. The molecule has 0 aliphatic carbocycles. The minimum atomic E-state index is -1.83. The summed E-state index contributed by atoms with van der Waals surface area (Å²) in [7, 11) is 4.53. The summed E-state index contributed by atoms with van der Waals surface area (Å²) in [6, 6.07) is 0.826. The van der Waals surface area contributed by atoms with Crippen molar-refractivity contribution in [3.63, 3.8) is 0 Å². The van der Waals surface area contributed by atoms with Crippen LogP contribution >= 0.6 is 0 Å². The van der Waals surface area contributed by atoms with Gasteiger partial charge < -0.3 is 15.1 Å². The lowest BCUT2D eigenvalue weighted by Gasteiger charge is -2.24. The monoisotopic (exact) mass is 359 g/mol. The maximum absolute atomic E-state index is 8.56. The molecule has 4 nitrogen and oxygen atoms in total. The van der Waals surface area contributed by atoms with Gasteiger partial charge >= 0.3 is 6.16 Å². The van der Waals surface area contributed by atoms with Gasteiger partial charge in [-0.2, -0.15) is 0 Å². The lowest BCUT2D eigenvalue weighted by molar-refractivity contribution is 0.137. The van der Waals surface area contributed by atoms with Gasteiger partial charge in [-0.25, -0.2) is 4.79 Å². The Kier molecular flexibility index (Phi) is 22.5. The summed E-state index contributed by atoms with van der Waals surface area (Å²) < 4.78 is 0. The van der Waals surface area contributed by atoms with Gasteiger partial charge in [0.2, 0.25) is 0 Å². The standard InChI is InChI=1S/C20H43N.CH2O3/c1-5-7-9-11-13-15-17-19-20(21(3)4)18-16-14-12-10-8-6-2;2-1(3)4/h20H,5-19H2,1-4H3;(H2,2,3,4). The molecule has 152 valence electrons. The fraction of sp³-hybridized carbons (Fsp3) is 0.952. The fourth-order valence-corrected chi connectivity index (χ4v) is 3.16. The molecule has 0 aromatic carbocycles. The third kappa shape index (κ3) is 25.6. The van der Waals surface area contributed by atoms with E-state index >= 15 is 0 Å². The van der Waals surface area contributed by atoms with Crippen molar-refractivity contribution >= 4 is 6.16 Å². The molecule has 1 atom stereocenters. The lowest BCUT2D eigenvalue weighted by Crippen LogP contribution is -2.27. The van der Waals surface area contributed by atoms with Gasteiger partial charge in [0.05, 0.1) is 0 Å². The molecular formula is C21H45NO3. The van der Waals surface area contributed by atoms with Gasteiger partial charge in [0.1, 0.15) is 0 Å². The van der Waals surface area contributed by atoms with Crippen molar-refractivity contribution in [2.75, 3.05) is 14.1 Å². The molecule has 25 heavy (non-hydrogen) atoms. The van der Waals surface area contributed by atoms with Gasteiger partial charge in [0.25, 0.3) is 0 Å². The molecule has 0 aliphatic heterocycles. The topological polar surface area (TPSA) is 60.8 Å². The maximum atomic E-state index is 8.56. The summed E-state index contributed by atoms with van der Waals surface area (Å²) in [6.45, 7) is 4.59. The Morgan fingerprint density at radius 2 is 0.960 bits per heavy atom. The Balaban J connectivity index is 0. The molecule has 0 aromatic heterocycles. The molecule has 0 saturated heterocycles. The van der Waals surface area contributed by atoms with Crippen molar-refractivity contribution < 1.29 is 15.0 Å². The van der Waals surface area contributed by atoms with Gasteiger partial charge in [0, 0.05) is 6.04 Å². The third-order valence-electron chi connectivity index (χ3n) is 4.76. The molecule has 0 fully saturated rings. The quantitative estimate of drug-likeness (QED) is 0.290. The molecule has 0 aromatic rings. The molecular weight excluding hydrogens is 314 g/mol. The molecule has 0 amide bonds. The summed E-state index contributed by atoms with van der Waals surface area (Å²) in [6.07, 6.45) is 19.6. The van der Waals surface area contributed by atoms with Crippen LogP contribution in [0.15, 0.2) is 0 Å². The summed E-state index contributed by atoms with van der Waals surface area (Å²) >= 11 is 0. The van der Waals surface area contributed by atoms with E-state index in [1.54, 1.807) is 0 Å². The highest BCUT2D eigenvalue weighted by Crippen LogP contribution is 2.17. The molecule has 0 aliphatic rings. The zero-order valence-corrected chi connectivity index (χ0v) is 17.4. The van der Waals surface area contributed by atoms with E-state index in [4.69, 9.17) is 15.0 Å². The van der Waals surface area contributed by atoms with Gasteiger partial charge in [-0.05, 0) is 26.9 Å². The highest BCUT2D eigenvalue weighted by molar-refractivity contribution is 5.53. The van der Waals surface area contributed by atoms with Gasteiger partial charge in [-0.1, -0.05) is 97.3 Å². The second kappa shape index (κ2) is 21.3. The Labute approximate surface area is 157 Å². The van der Waals surface area contributed by atoms with Crippen LogP contribution in [-0.4, -0.2) is 41.4 Å². The Bertz CT molecular complexity index is 266. The highest BCUT2D eigenvalue weighted by atomic mass is 16.6. The predicted molar refractivity (Wildman–Crippen MR) is 109 cm³/mol. The Morgan fingerprint density at radius 1 is 0.680 bits per heavy atom. The normalized spacial score (nSPS) is 11.9. The fourth-order valence-electron chi connectivity index (χ4n) is 3.16. The highest BCUT2D eigenvalue weighted by Gasteiger charge is 2.10. The van der Waals surface area contributed by atoms with E-state index in [9.17, 15) is 0 Å². The Morgan fingerprint density at radius 3 is 1.24 bits per heavy atom. The van der Waals surface area contributed by atoms with Crippen LogP contribution in [0.5, 0.6) is 0 Å². The van der Waals surface area contributed by atoms with Crippen molar-refractivity contribution in [3.05, 3.63) is 0 Å². The van der Waals surface area contributed by atoms with Crippen molar-refractivity contribution in [2.24, 2.45) is 0 Å². The first-order valence-corrected chi connectivity index (χ1v) is 10.5. The number of carbonyl (C=O) groups is 1. The molecule has 1 unspecified atom stereocenters. The minimum Gasteiger partial charge on any atom is -0.450 e. The zero-order chi connectivity index (χ0) is 19.3. The lowest BCUT2D eigenvalue weighted by atomic mass is 9.99. The average Bonchev–Trinajstić information content (AvgIpc) is 2.54. The van der Waals surface area contributed by atoms with Crippen molar-refractivity contribution in [3.8, 4) is 0 Å². The van der Waals surface area contributed by atoms with E-state index in [-0.39, 0.29) is 0 Å². The second-order valence-corrected chi connectivity index (χ2v) is 7.37. The minimum absolute atomic E-state index is 0.826. The SMILES string of the molecule is CCCCCCCCCC(CCCCCCCC)N(C)C.O=C(O)O. The van der Waals surface area contributed by atoms with Crippen LogP contribution in [0.4, 0.5) is 4.79 Å². The number of nitrogens with zero attached hydrogens (tertiary/aromatic N) is 1. The van der Waals surface area contributed by atoms with Gasteiger partial charge in [-0.3, -0.25) is 0 Å². The first-order chi connectivity index (χ1) is 12.0. The number of carboxylic acid groups (broad SMARTS) is 2. The average molecular weight is 360 g/mol. The number of rotatable bonds is 16. The van der Waals surface area contributed by atoms with Crippen molar-refractivity contribution in [1.82, 2.24) is 4.90 Å². The predicted octanol–water partition coefficient (Wildman–Crippen LogP) is 7.03. The largest absolute Gasteiger partial charge is 0.503 e. The molecule has 0 radical (unpaired) electrons. The first-order valence-electron chi connectivity index (χ1n) is 10.5. The van der Waals surface area contributed by atoms with E-state index < -0.39 is 6.16 Å². The van der Waals surface area contributed by atoms with Crippen LogP contribution in [0.25, 0.3) is 0 Å². The molecule has 0 spiro atoms. The molecule has 4 heteroatoms. The van der Waals surface area contributed by atoms with Crippen molar-refractivity contribution in [1.29, 1.82) is 0 Å². The first kappa shape index (κ1) is 26.5. The van der Waals surface area contributed by atoms with Gasteiger partial charge in [-0.15, -0.1) is 0 Å². The maximum Gasteiger partial charge on any atom is 0.503 e. The molecule has 0 saturated carbocycles. The van der Waals surface area contributed by atoms with E-state index in [2.05, 4.69) is 32.8 Å². The number of hydrogen-bond acceptors (Lipinski definition) is 2. The van der Waals surface area contributed by atoms with Crippen LogP contribution in [-0.2, 0) is 0 Å². The van der Waals surface area contributed by atoms with E-state index in [0.717, 1.165) is 6.04 Å². The zero-order valence-electron chi connectivity index (χ0n) is 17.4. The van der Waals surface area contributed by atoms with Gasteiger partial charge in [0.15, 0.2) is 0 Å². The summed E-state index contributed by atoms with van der Waals surface area (Å²) in [5, 5.41) is 13.9. The Hall–Kier alpha value is -0.770. The summed E-state index contributed by atoms with van der Waals surface area (Å²) in [4.78, 5) is 11.0. The van der Waals surface area contributed by atoms with Crippen LogP contribution in [0.1, 0.15) is 110 Å². The van der Waals surface area contributed by atoms with Crippen LogP contribution in [0, 0.1) is 0 Å². The van der Waals surface area contributed by atoms with Crippen LogP contribution in [0.3, 0.4) is 0 Å². The van der Waals surface area contributed by atoms with E-state index in [0.29, 0.717) is 0 Å². The van der Waals surface area contributed by atoms with E-state index in [1.807, 2.05) is 0 Å². The van der Waals surface area contributed by atoms with Crippen LogP contribution in [0.2, 0.25) is 0 Å². The van der Waals surface area contributed by atoms with Crippen LogP contribution < -0.4 is 0 Å². The molecule has 0 bridgehead atoms. The summed E-state index contributed by atoms with van der Waals surface area (Å²) in [5.74, 6) is 0. The smallest absolute Gasteiger partial charge is 0.450 e. The van der Waals surface area contributed by atoms with E-state index in [1.165, 1.54) is 96.3 Å². The van der Waals surface area contributed by atoms with Crippen molar-refractivity contribution in [2.45, 2.75) is 116 Å². The number of unbranched alkanes of at least 4 members (excludes halogenated alkanes) is 11.